The van der Waals surface area contributed by atoms with Crippen LogP contribution in [-0.2, 0) is 16.0 Å². The standard InChI is InChI=1S/C6H12O3S.C6H6/c1-2-3-4-10(9)5-6(7)8;1-2-4-6-5-3-1/h2-5H2,1H3,(H,7,8);1-6H. The number of benzene rings is 1. The van der Waals surface area contributed by atoms with E-state index in [1.807, 2.05) is 43.3 Å². The van der Waals surface area contributed by atoms with Crippen LogP contribution >= 0.6 is 0 Å². The van der Waals surface area contributed by atoms with Crippen LogP contribution in [0.1, 0.15) is 19.8 Å². The van der Waals surface area contributed by atoms with Gasteiger partial charge in [0.1, 0.15) is 5.75 Å². The van der Waals surface area contributed by atoms with Crippen molar-refractivity contribution >= 4 is 17.1 Å². The average molecular weight is 242 g/mol. The summed E-state index contributed by atoms with van der Waals surface area (Å²) in [7, 11) is 0. The number of aliphatic carboxylic acids is 1. The molecule has 1 atom stereocenters. The van der Waals surface area contributed by atoms with Crippen LogP contribution in [-0.4, -0.2) is 27.1 Å². The van der Waals surface area contributed by atoms with Gasteiger partial charge in [0.15, 0.2) is 0 Å². The third-order valence-corrected chi connectivity index (χ3v) is 2.99. The van der Waals surface area contributed by atoms with Crippen LogP contribution < -0.4 is 0 Å². The van der Waals surface area contributed by atoms with E-state index in [1.54, 1.807) is 0 Å². The van der Waals surface area contributed by atoms with Gasteiger partial charge in [-0.1, -0.05) is 49.7 Å². The predicted octanol–water partition coefficient (Wildman–Crippen LogP) is 2.31. The Labute approximate surface area is 99.7 Å². The first-order chi connectivity index (χ1) is 7.66. The van der Waals surface area contributed by atoms with Crippen molar-refractivity contribution < 1.29 is 14.5 Å². The summed E-state index contributed by atoms with van der Waals surface area (Å²) in [6.07, 6.45) is 1.81. The van der Waals surface area contributed by atoms with Crippen molar-refractivity contribution in [1.29, 1.82) is 0 Å². The summed E-state index contributed by atoms with van der Waals surface area (Å²) in [5.74, 6) is -0.669. The number of carboxylic acid groups (broad SMARTS) is 1. The summed E-state index contributed by atoms with van der Waals surface area (Å²) in [5, 5.41) is 8.19. The van der Waals surface area contributed by atoms with Crippen molar-refractivity contribution in [3.8, 4) is 0 Å². The van der Waals surface area contributed by atoms with Crippen LogP contribution in [0.15, 0.2) is 36.4 Å². The van der Waals surface area contributed by atoms with Crippen LogP contribution in [0.2, 0.25) is 0 Å². The van der Waals surface area contributed by atoms with Crippen LogP contribution in [0.5, 0.6) is 0 Å². The van der Waals surface area contributed by atoms with E-state index in [1.165, 1.54) is 0 Å². The van der Waals surface area contributed by atoms with Crippen LogP contribution in [0.25, 0.3) is 0 Å². The fraction of sp³-hybridized carbons (Fsp3) is 0.417. The van der Waals surface area contributed by atoms with Gasteiger partial charge in [0, 0.05) is 0 Å². The maximum Gasteiger partial charge on any atom is 0.353 e. The van der Waals surface area contributed by atoms with Gasteiger partial charge < -0.3 is 9.66 Å². The molecule has 1 unspecified atom stereocenters. The molecule has 4 heteroatoms. The third-order valence-electron chi connectivity index (χ3n) is 1.68. The lowest BCUT2D eigenvalue weighted by Crippen LogP contribution is -2.18. The molecule has 0 saturated carbocycles. The van der Waals surface area contributed by atoms with Crippen molar-refractivity contribution in [3.05, 3.63) is 36.4 Å². The maximum atomic E-state index is 10.7. The van der Waals surface area contributed by atoms with Gasteiger partial charge in [-0.2, -0.15) is 0 Å². The summed E-state index contributed by atoms with van der Waals surface area (Å²) < 4.78 is 10.7. The molecule has 0 aliphatic carbocycles. The zero-order valence-corrected chi connectivity index (χ0v) is 10.3. The van der Waals surface area contributed by atoms with Crippen LogP contribution in [0, 0.1) is 0 Å². The van der Waals surface area contributed by atoms with Gasteiger partial charge in [-0.05, 0) is 17.6 Å². The molecule has 0 saturated heterocycles. The quantitative estimate of drug-likeness (QED) is 0.806. The Kier molecular flexibility index (Phi) is 9.86. The van der Waals surface area contributed by atoms with Crippen molar-refractivity contribution in [2.45, 2.75) is 19.8 Å². The van der Waals surface area contributed by atoms with E-state index in [9.17, 15) is 9.35 Å². The predicted molar refractivity (Wildman–Crippen MR) is 66.9 cm³/mol. The van der Waals surface area contributed by atoms with Gasteiger partial charge in [-0.25, -0.2) is 4.79 Å². The molecule has 0 radical (unpaired) electrons. The number of hydrogen-bond acceptors (Lipinski definition) is 2. The van der Waals surface area contributed by atoms with E-state index in [-0.39, 0.29) is 5.75 Å². The van der Waals surface area contributed by atoms with Crippen LogP contribution in [0.4, 0.5) is 0 Å². The Morgan fingerprint density at radius 1 is 1.19 bits per heavy atom. The van der Waals surface area contributed by atoms with E-state index in [4.69, 9.17) is 5.11 Å². The molecule has 1 aromatic rings. The molecule has 0 amide bonds. The molecular weight excluding hydrogens is 224 g/mol. The fourth-order valence-electron chi connectivity index (χ4n) is 0.900. The van der Waals surface area contributed by atoms with Gasteiger partial charge in [-0.15, -0.1) is 0 Å². The molecule has 1 aromatic carbocycles. The smallest absolute Gasteiger partial charge is 0.353 e. The molecular formula is C12H18O3S. The number of hydrogen-bond donors (Lipinski definition) is 1. The Morgan fingerprint density at radius 3 is 1.94 bits per heavy atom. The highest BCUT2D eigenvalue weighted by molar-refractivity contribution is 7.92. The molecule has 0 spiro atoms. The third kappa shape index (κ3) is 11.1. The molecule has 0 aromatic heterocycles. The second-order valence-corrected chi connectivity index (χ2v) is 4.77. The van der Waals surface area contributed by atoms with Crippen molar-refractivity contribution in [1.82, 2.24) is 0 Å². The number of unbranched alkanes of at least 4 members (excludes halogenated alkanes) is 1. The first kappa shape index (κ1) is 15.0. The highest BCUT2D eigenvalue weighted by Crippen LogP contribution is 1.96. The SMILES string of the molecule is CCCC[S+]([O-])CC(=O)O.c1ccccc1. The van der Waals surface area contributed by atoms with Crippen molar-refractivity contribution in [2.75, 3.05) is 11.5 Å². The molecule has 0 fully saturated rings. The van der Waals surface area contributed by atoms with Gasteiger partial charge in [0.2, 0.25) is 5.75 Å². The first-order valence-corrected chi connectivity index (χ1v) is 6.72. The monoisotopic (exact) mass is 242 g/mol. The minimum atomic E-state index is -1.15. The van der Waals surface area contributed by atoms with Crippen molar-refractivity contribution in [3.63, 3.8) is 0 Å². The first-order valence-electron chi connectivity index (χ1n) is 5.23. The summed E-state index contributed by atoms with van der Waals surface area (Å²) >= 11 is -1.15. The fourth-order valence-corrected chi connectivity index (χ4v) is 1.93. The van der Waals surface area contributed by atoms with E-state index in [0.29, 0.717) is 5.75 Å². The zero-order chi connectivity index (χ0) is 12.2. The lowest BCUT2D eigenvalue weighted by molar-refractivity contribution is -0.134. The van der Waals surface area contributed by atoms with E-state index >= 15 is 0 Å². The molecule has 0 aliphatic rings. The molecule has 3 nitrogen and oxygen atoms in total. The highest BCUT2D eigenvalue weighted by atomic mass is 32.2. The van der Waals surface area contributed by atoms with Crippen LogP contribution in [0.3, 0.4) is 0 Å². The van der Waals surface area contributed by atoms with Gasteiger partial charge in [0.05, 0.1) is 0 Å². The molecule has 90 valence electrons. The highest BCUT2D eigenvalue weighted by Gasteiger charge is 2.09. The number of carbonyl (C=O) groups is 1. The average Bonchev–Trinajstić information content (AvgIpc) is 2.29. The Balaban J connectivity index is 0.000000315. The topological polar surface area (TPSA) is 60.4 Å². The second-order valence-electron chi connectivity index (χ2n) is 3.19. The second kappa shape index (κ2) is 10.5. The minimum absolute atomic E-state index is 0.208. The van der Waals surface area contributed by atoms with Gasteiger partial charge in [0.25, 0.3) is 0 Å². The summed E-state index contributed by atoms with van der Waals surface area (Å²) in [6.45, 7) is 1.98. The lowest BCUT2D eigenvalue weighted by atomic mass is 10.4. The molecule has 1 N–H and O–H groups in total. The maximum absolute atomic E-state index is 10.7. The lowest BCUT2D eigenvalue weighted by Gasteiger charge is -2.06. The Hall–Kier alpha value is -1.00. The van der Waals surface area contributed by atoms with Gasteiger partial charge >= 0.3 is 5.97 Å². The van der Waals surface area contributed by atoms with E-state index in [2.05, 4.69) is 0 Å². The summed E-state index contributed by atoms with van der Waals surface area (Å²) in [6, 6.07) is 12.0. The van der Waals surface area contributed by atoms with E-state index < -0.39 is 17.1 Å². The van der Waals surface area contributed by atoms with E-state index in [0.717, 1.165) is 12.8 Å². The molecule has 0 bridgehead atoms. The number of rotatable bonds is 5. The Morgan fingerprint density at radius 2 is 1.62 bits per heavy atom. The Bertz CT molecular complexity index is 238. The molecule has 0 heterocycles. The molecule has 0 aliphatic heterocycles. The largest absolute Gasteiger partial charge is 0.616 e. The number of carboxylic acids is 1. The molecule has 16 heavy (non-hydrogen) atoms. The van der Waals surface area contributed by atoms with Gasteiger partial charge in [-0.3, -0.25) is 0 Å². The van der Waals surface area contributed by atoms with Crippen molar-refractivity contribution in [2.24, 2.45) is 0 Å². The zero-order valence-electron chi connectivity index (χ0n) is 9.46. The molecule has 1 rings (SSSR count). The normalized spacial score (nSPS) is 11.1. The summed E-state index contributed by atoms with van der Waals surface area (Å²) in [5.41, 5.74) is 0. The minimum Gasteiger partial charge on any atom is -0.616 e. The summed E-state index contributed by atoms with van der Waals surface area (Å²) in [4.78, 5) is 9.98.